The minimum atomic E-state index is -3.71. The van der Waals surface area contributed by atoms with Crippen LogP contribution in [-0.2, 0) is 16.6 Å². The Balaban J connectivity index is 1.61. The van der Waals surface area contributed by atoms with Crippen molar-refractivity contribution in [3.63, 3.8) is 0 Å². The molecule has 33 heavy (non-hydrogen) atoms. The normalized spacial score (nSPS) is 11.1. The molecule has 11 heteroatoms. The largest absolute Gasteiger partial charge is 0.493 e. The molecular formula is C22H22BrN3O5S2. The number of carbonyl (C=O) groups excluding carboxylic acids is 1. The molecule has 0 radical (unpaired) electrons. The molecule has 3 aromatic rings. The van der Waals surface area contributed by atoms with Crippen LogP contribution in [0.3, 0.4) is 0 Å². The quantitative estimate of drug-likeness (QED) is 0.337. The zero-order valence-electron chi connectivity index (χ0n) is 17.6. The molecule has 1 amide bonds. The van der Waals surface area contributed by atoms with Crippen LogP contribution in [0.5, 0.6) is 5.75 Å². The molecule has 0 aliphatic rings. The highest BCUT2D eigenvalue weighted by Crippen LogP contribution is 2.23. The average Bonchev–Trinajstić information content (AvgIpc) is 3.31. The maximum atomic E-state index is 12.7. The first kappa shape index (κ1) is 24.9. The predicted octanol–water partition coefficient (Wildman–Crippen LogP) is 4.44. The SMILES string of the molecule is CCCOc1ccc(Br)cc1C(=O)NC(=S)Nc1ccc(S(=O)(=O)NCc2ccco2)cc1. The van der Waals surface area contributed by atoms with Gasteiger partial charge in [0.15, 0.2) is 5.11 Å². The van der Waals surface area contributed by atoms with Gasteiger partial charge in [0.05, 0.1) is 29.9 Å². The number of ether oxygens (including phenoxy) is 1. The summed E-state index contributed by atoms with van der Waals surface area (Å²) in [5.41, 5.74) is 0.855. The number of anilines is 1. The standard InChI is InChI=1S/C22H22BrN3O5S2/c1-2-11-31-20-10-5-15(23)13-19(20)21(27)26-22(32)25-16-6-8-18(9-7-16)33(28,29)24-14-17-4-3-12-30-17/h3-10,12-13,24H,2,11,14H2,1H3,(H2,25,26,27,32). The molecule has 1 heterocycles. The second kappa shape index (κ2) is 11.4. The molecule has 0 aliphatic carbocycles. The molecule has 0 spiro atoms. The number of rotatable bonds is 9. The fourth-order valence-electron chi connectivity index (χ4n) is 2.73. The van der Waals surface area contributed by atoms with Gasteiger partial charge in [-0.3, -0.25) is 10.1 Å². The van der Waals surface area contributed by atoms with Gasteiger partial charge in [-0.2, -0.15) is 0 Å². The van der Waals surface area contributed by atoms with E-state index in [1.54, 1.807) is 42.5 Å². The molecule has 0 saturated heterocycles. The molecule has 0 fully saturated rings. The van der Waals surface area contributed by atoms with Crippen LogP contribution in [0.1, 0.15) is 29.5 Å². The fourth-order valence-corrected chi connectivity index (χ4v) is 4.30. The Morgan fingerprint density at radius 3 is 2.58 bits per heavy atom. The van der Waals surface area contributed by atoms with Crippen LogP contribution < -0.4 is 20.1 Å². The van der Waals surface area contributed by atoms with E-state index in [0.717, 1.165) is 10.9 Å². The number of carbonyl (C=O) groups is 1. The highest BCUT2D eigenvalue weighted by atomic mass is 79.9. The van der Waals surface area contributed by atoms with Gasteiger partial charge in [-0.1, -0.05) is 22.9 Å². The Hall–Kier alpha value is -2.73. The highest BCUT2D eigenvalue weighted by molar-refractivity contribution is 9.10. The van der Waals surface area contributed by atoms with Gasteiger partial charge in [0.25, 0.3) is 5.91 Å². The van der Waals surface area contributed by atoms with Crippen LogP contribution in [0.15, 0.2) is 74.6 Å². The zero-order chi connectivity index (χ0) is 23.8. The van der Waals surface area contributed by atoms with Crippen LogP contribution in [0.25, 0.3) is 0 Å². The van der Waals surface area contributed by atoms with Crippen molar-refractivity contribution in [3.05, 3.63) is 76.7 Å². The molecule has 0 bridgehead atoms. The second-order valence-corrected chi connectivity index (χ2v) is 9.92. The van der Waals surface area contributed by atoms with Crippen molar-refractivity contribution in [2.75, 3.05) is 11.9 Å². The monoisotopic (exact) mass is 551 g/mol. The molecule has 0 unspecified atom stereocenters. The zero-order valence-corrected chi connectivity index (χ0v) is 20.8. The number of amides is 1. The third kappa shape index (κ3) is 7.13. The summed E-state index contributed by atoms with van der Waals surface area (Å²) in [6, 6.07) is 14.5. The Bertz CT molecular complexity index is 1210. The fraction of sp³-hybridized carbons (Fsp3) is 0.182. The average molecular weight is 552 g/mol. The number of benzene rings is 2. The molecule has 174 valence electrons. The van der Waals surface area contributed by atoms with E-state index in [-0.39, 0.29) is 16.6 Å². The molecule has 3 rings (SSSR count). The van der Waals surface area contributed by atoms with Gasteiger partial charge in [0.2, 0.25) is 10.0 Å². The van der Waals surface area contributed by atoms with Gasteiger partial charge in [0.1, 0.15) is 11.5 Å². The number of halogens is 1. The van der Waals surface area contributed by atoms with Crippen molar-refractivity contribution in [1.82, 2.24) is 10.0 Å². The summed E-state index contributed by atoms with van der Waals surface area (Å²) in [5, 5.41) is 5.54. The lowest BCUT2D eigenvalue weighted by atomic mass is 10.2. The molecule has 0 aliphatic heterocycles. The van der Waals surface area contributed by atoms with Crippen molar-refractivity contribution in [3.8, 4) is 5.75 Å². The molecule has 3 N–H and O–H groups in total. The van der Waals surface area contributed by atoms with Crippen LogP contribution in [0.2, 0.25) is 0 Å². The summed E-state index contributed by atoms with van der Waals surface area (Å²) in [7, 11) is -3.71. The molecule has 2 aromatic carbocycles. The predicted molar refractivity (Wildman–Crippen MR) is 133 cm³/mol. The van der Waals surface area contributed by atoms with Crippen molar-refractivity contribution >= 4 is 54.9 Å². The molecule has 0 saturated carbocycles. The Labute approximate surface area is 205 Å². The first-order valence-electron chi connectivity index (χ1n) is 9.95. The maximum absolute atomic E-state index is 12.7. The topological polar surface area (TPSA) is 110 Å². The van der Waals surface area contributed by atoms with E-state index in [1.165, 1.54) is 18.4 Å². The van der Waals surface area contributed by atoms with E-state index >= 15 is 0 Å². The summed E-state index contributed by atoms with van der Waals surface area (Å²) < 4.78 is 38.8. The van der Waals surface area contributed by atoms with Gasteiger partial charge in [-0.15, -0.1) is 0 Å². The van der Waals surface area contributed by atoms with E-state index in [2.05, 4.69) is 31.3 Å². The van der Waals surface area contributed by atoms with Crippen molar-refractivity contribution in [1.29, 1.82) is 0 Å². The van der Waals surface area contributed by atoms with Crippen LogP contribution in [0, 0.1) is 0 Å². The first-order chi connectivity index (χ1) is 15.8. The molecular weight excluding hydrogens is 530 g/mol. The summed E-state index contributed by atoms with van der Waals surface area (Å²) in [5.74, 6) is 0.532. The number of hydrogen-bond donors (Lipinski definition) is 3. The highest BCUT2D eigenvalue weighted by Gasteiger charge is 2.16. The lowest BCUT2D eigenvalue weighted by Crippen LogP contribution is -2.34. The molecule has 0 atom stereocenters. The smallest absolute Gasteiger partial charge is 0.261 e. The number of hydrogen-bond acceptors (Lipinski definition) is 6. The second-order valence-electron chi connectivity index (χ2n) is 6.83. The van der Waals surface area contributed by atoms with Gasteiger partial charge >= 0.3 is 0 Å². The number of furan rings is 1. The van der Waals surface area contributed by atoms with Crippen molar-refractivity contribution in [2.45, 2.75) is 24.8 Å². The van der Waals surface area contributed by atoms with E-state index < -0.39 is 15.9 Å². The summed E-state index contributed by atoms with van der Waals surface area (Å²) in [4.78, 5) is 12.8. The minimum absolute atomic E-state index is 0.0466. The van der Waals surface area contributed by atoms with Crippen molar-refractivity contribution < 1.29 is 22.4 Å². The van der Waals surface area contributed by atoms with Gasteiger partial charge in [0, 0.05) is 10.2 Å². The third-order valence-corrected chi connectivity index (χ3v) is 6.43. The molecule has 8 nitrogen and oxygen atoms in total. The van der Waals surface area contributed by atoms with E-state index in [4.69, 9.17) is 21.4 Å². The third-order valence-electron chi connectivity index (χ3n) is 4.31. The van der Waals surface area contributed by atoms with E-state index in [1.807, 2.05) is 6.92 Å². The van der Waals surface area contributed by atoms with Crippen LogP contribution in [0.4, 0.5) is 5.69 Å². The summed E-state index contributed by atoms with van der Waals surface area (Å²) in [6.07, 6.45) is 2.28. The number of sulfonamides is 1. The summed E-state index contributed by atoms with van der Waals surface area (Å²) in [6.45, 7) is 2.50. The van der Waals surface area contributed by atoms with Gasteiger partial charge in [-0.25, -0.2) is 13.1 Å². The Morgan fingerprint density at radius 1 is 1.15 bits per heavy atom. The lowest BCUT2D eigenvalue weighted by molar-refractivity contribution is 0.0973. The molecule has 1 aromatic heterocycles. The van der Waals surface area contributed by atoms with E-state index in [9.17, 15) is 13.2 Å². The van der Waals surface area contributed by atoms with E-state index in [0.29, 0.717) is 29.4 Å². The number of thiocarbonyl (C=S) groups is 1. The van der Waals surface area contributed by atoms with Crippen LogP contribution in [-0.4, -0.2) is 26.0 Å². The minimum Gasteiger partial charge on any atom is -0.493 e. The van der Waals surface area contributed by atoms with Gasteiger partial charge < -0.3 is 14.5 Å². The maximum Gasteiger partial charge on any atom is 0.261 e. The van der Waals surface area contributed by atoms with Crippen molar-refractivity contribution in [2.24, 2.45) is 0 Å². The first-order valence-corrected chi connectivity index (χ1v) is 12.6. The Kier molecular flexibility index (Phi) is 8.61. The van der Waals surface area contributed by atoms with Crippen LogP contribution >= 0.6 is 28.1 Å². The summed E-state index contributed by atoms with van der Waals surface area (Å²) >= 11 is 8.59. The Morgan fingerprint density at radius 2 is 1.91 bits per heavy atom. The number of nitrogens with one attached hydrogen (secondary N) is 3. The van der Waals surface area contributed by atoms with Gasteiger partial charge in [-0.05, 0) is 73.2 Å². The lowest BCUT2D eigenvalue weighted by Gasteiger charge is -2.13.